The second kappa shape index (κ2) is 5.94. The van der Waals surface area contributed by atoms with Gasteiger partial charge in [-0.2, -0.15) is 0 Å². The molecular formula is C10H18NO3PS. The minimum Gasteiger partial charge on any atom is -0.313 e. The van der Waals surface area contributed by atoms with E-state index in [0.29, 0.717) is 13.2 Å². The van der Waals surface area contributed by atoms with Crippen LogP contribution in [0.15, 0.2) is 11.4 Å². The Balaban J connectivity index is 2.95. The third-order valence-electron chi connectivity index (χ3n) is 2.13. The molecule has 6 heteroatoms. The predicted octanol–water partition coefficient (Wildman–Crippen LogP) is 3.28. The van der Waals surface area contributed by atoms with Crippen LogP contribution in [-0.4, -0.2) is 13.2 Å². The monoisotopic (exact) mass is 263 g/mol. The maximum Gasteiger partial charge on any atom is 0.352 e. The molecule has 1 aromatic rings. The van der Waals surface area contributed by atoms with E-state index in [1.807, 2.05) is 18.4 Å². The van der Waals surface area contributed by atoms with Crippen molar-refractivity contribution in [1.82, 2.24) is 0 Å². The molecule has 4 nitrogen and oxygen atoms in total. The van der Waals surface area contributed by atoms with E-state index >= 15 is 0 Å². The second-order valence-corrected chi connectivity index (χ2v) is 6.39. The third-order valence-corrected chi connectivity index (χ3v) is 5.58. The van der Waals surface area contributed by atoms with Crippen molar-refractivity contribution >= 4 is 18.9 Å². The summed E-state index contributed by atoms with van der Waals surface area (Å²) in [5, 5.41) is 1.92. The molecule has 1 rings (SSSR count). The Morgan fingerprint density at radius 3 is 2.38 bits per heavy atom. The average molecular weight is 263 g/mol. The Hall–Kier alpha value is -0.190. The van der Waals surface area contributed by atoms with Crippen molar-refractivity contribution in [3.8, 4) is 0 Å². The molecule has 0 aliphatic heterocycles. The van der Waals surface area contributed by atoms with Crippen LogP contribution >= 0.6 is 18.9 Å². The largest absolute Gasteiger partial charge is 0.352 e. The first kappa shape index (κ1) is 13.9. The fraction of sp³-hybridized carbons (Fsp3) is 0.600. The fourth-order valence-electron chi connectivity index (χ4n) is 1.39. The van der Waals surface area contributed by atoms with Gasteiger partial charge in [0, 0.05) is 4.88 Å². The third kappa shape index (κ3) is 2.93. The van der Waals surface area contributed by atoms with E-state index in [-0.39, 0.29) is 0 Å². The highest BCUT2D eigenvalue weighted by atomic mass is 32.1. The van der Waals surface area contributed by atoms with E-state index in [1.165, 1.54) is 11.3 Å². The van der Waals surface area contributed by atoms with Gasteiger partial charge in [-0.15, -0.1) is 11.3 Å². The van der Waals surface area contributed by atoms with Gasteiger partial charge in [-0.1, -0.05) is 0 Å². The van der Waals surface area contributed by atoms with Crippen LogP contribution in [0.2, 0.25) is 0 Å². The van der Waals surface area contributed by atoms with Crippen molar-refractivity contribution in [3.63, 3.8) is 0 Å². The lowest BCUT2D eigenvalue weighted by molar-refractivity contribution is 0.212. The van der Waals surface area contributed by atoms with Crippen LogP contribution in [0.25, 0.3) is 0 Å². The molecule has 0 amide bonds. The average Bonchev–Trinajstić information content (AvgIpc) is 2.64. The maximum absolute atomic E-state index is 12.4. The van der Waals surface area contributed by atoms with E-state index in [9.17, 15) is 4.57 Å². The summed E-state index contributed by atoms with van der Waals surface area (Å²) in [7, 11) is -3.24. The summed E-state index contributed by atoms with van der Waals surface area (Å²) < 4.78 is 22.9. The molecule has 0 spiro atoms. The summed E-state index contributed by atoms with van der Waals surface area (Å²) in [6, 6.07) is 1.95. The molecule has 92 valence electrons. The second-order valence-electron chi connectivity index (χ2n) is 3.29. The van der Waals surface area contributed by atoms with Gasteiger partial charge >= 0.3 is 7.60 Å². The Morgan fingerprint density at radius 2 is 2.00 bits per heavy atom. The summed E-state index contributed by atoms with van der Waals surface area (Å²) in [4.78, 5) is 0.866. The van der Waals surface area contributed by atoms with Crippen LogP contribution in [0.5, 0.6) is 0 Å². The van der Waals surface area contributed by atoms with Gasteiger partial charge in [-0.3, -0.25) is 4.57 Å². The highest BCUT2D eigenvalue weighted by Crippen LogP contribution is 2.59. The first-order valence-corrected chi connectivity index (χ1v) is 7.72. The van der Waals surface area contributed by atoms with Gasteiger partial charge < -0.3 is 14.8 Å². The number of thiophene rings is 1. The van der Waals surface area contributed by atoms with Crippen molar-refractivity contribution in [2.75, 3.05) is 13.2 Å². The predicted molar refractivity (Wildman–Crippen MR) is 66.8 cm³/mol. The van der Waals surface area contributed by atoms with E-state index in [4.69, 9.17) is 14.8 Å². The zero-order valence-electron chi connectivity index (χ0n) is 9.80. The summed E-state index contributed by atoms with van der Waals surface area (Å²) >= 11 is 1.48. The summed E-state index contributed by atoms with van der Waals surface area (Å²) in [5.74, 6) is -0.688. The first-order chi connectivity index (χ1) is 7.55. The number of aryl methyl sites for hydroxylation is 1. The fourth-order valence-corrected chi connectivity index (χ4v) is 4.38. The molecule has 0 saturated carbocycles. The highest BCUT2D eigenvalue weighted by molar-refractivity contribution is 7.54. The van der Waals surface area contributed by atoms with Gasteiger partial charge in [0.2, 0.25) is 0 Å². The summed E-state index contributed by atoms with van der Waals surface area (Å²) in [5.41, 5.74) is 7.01. The lowest BCUT2D eigenvalue weighted by atomic mass is 10.3. The quantitative estimate of drug-likeness (QED) is 0.800. The lowest BCUT2D eigenvalue weighted by Crippen LogP contribution is -2.14. The van der Waals surface area contributed by atoms with Crippen LogP contribution in [0.4, 0.5) is 0 Å². The molecule has 1 atom stereocenters. The summed E-state index contributed by atoms with van der Waals surface area (Å²) in [6.45, 7) is 6.15. The Morgan fingerprint density at radius 1 is 1.44 bits per heavy atom. The van der Waals surface area contributed by atoms with E-state index < -0.39 is 13.4 Å². The van der Waals surface area contributed by atoms with Crippen molar-refractivity contribution in [2.45, 2.75) is 26.6 Å². The molecular weight excluding hydrogens is 245 g/mol. The van der Waals surface area contributed by atoms with Crippen LogP contribution in [-0.2, 0) is 13.6 Å². The highest BCUT2D eigenvalue weighted by Gasteiger charge is 2.35. The molecule has 16 heavy (non-hydrogen) atoms. The van der Waals surface area contributed by atoms with Crippen molar-refractivity contribution < 1.29 is 13.6 Å². The maximum atomic E-state index is 12.4. The molecule has 0 aromatic carbocycles. The smallest absolute Gasteiger partial charge is 0.313 e. The molecule has 1 aromatic heterocycles. The molecule has 0 unspecified atom stereocenters. The summed E-state index contributed by atoms with van der Waals surface area (Å²) in [6.07, 6.45) is 0. The van der Waals surface area contributed by atoms with E-state index in [2.05, 4.69) is 0 Å². The Bertz CT molecular complexity index is 370. The van der Waals surface area contributed by atoms with Gasteiger partial charge in [0.1, 0.15) is 5.78 Å². The van der Waals surface area contributed by atoms with Gasteiger partial charge in [0.15, 0.2) is 0 Å². The SMILES string of the molecule is CCOP(=O)(OCC)[C@@H](N)c1sccc1C. The molecule has 0 aliphatic carbocycles. The van der Waals surface area contributed by atoms with Crippen LogP contribution in [0.1, 0.15) is 30.1 Å². The van der Waals surface area contributed by atoms with Crippen molar-refractivity contribution in [2.24, 2.45) is 5.73 Å². The molecule has 2 N–H and O–H groups in total. The molecule has 0 fully saturated rings. The molecule has 0 aliphatic rings. The Kier molecular flexibility index (Phi) is 5.15. The lowest BCUT2D eigenvalue weighted by Gasteiger charge is -2.22. The van der Waals surface area contributed by atoms with Gasteiger partial charge in [-0.25, -0.2) is 0 Å². The standard InChI is InChI=1S/C10H18NO3PS/c1-4-13-15(12,14-5-2)10(11)9-8(3)6-7-16-9/h6-7,10H,4-5,11H2,1-3H3/t10-/m1/s1. The van der Waals surface area contributed by atoms with Crippen molar-refractivity contribution in [3.05, 3.63) is 21.9 Å². The zero-order chi connectivity index (χ0) is 12.2. The van der Waals surface area contributed by atoms with Gasteiger partial charge in [0.05, 0.1) is 13.2 Å². The normalized spacial score (nSPS) is 14.0. The van der Waals surface area contributed by atoms with E-state index in [1.54, 1.807) is 13.8 Å². The topological polar surface area (TPSA) is 61.5 Å². The number of rotatable bonds is 6. The first-order valence-electron chi connectivity index (χ1n) is 5.23. The van der Waals surface area contributed by atoms with Crippen LogP contribution < -0.4 is 5.73 Å². The molecule has 0 bridgehead atoms. The molecule has 0 radical (unpaired) electrons. The number of nitrogens with two attached hydrogens (primary N) is 1. The zero-order valence-corrected chi connectivity index (χ0v) is 11.5. The van der Waals surface area contributed by atoms with Crippen LogP contribution in [0, 0.1) is 6.92 Å². The van der Waals surface area contributed by atoms with E-state index in [0.717, 1.165) is 10.4 Å². The Labute approximate surface area is 100 Å². The van der Waals surface area contributed by atoms with Gasteiger partial charge in [-0.05, 0) is 37.8 Å². The van der Waals surface area contributed by atoms with Crippen LogP contribution in [0.3, 0.4) is 0 Å². The molecule has 0 saturated heterocycles. The number of hydrogen-bond acceptors (Lipinski definition) is 5. The minimum atomic E-state index is -3.24. The minimum absolute atomic E-state index is 0.329. The molecule has 1 heterocycles. The number of hydrogen-bond donors (Lipinski definition) is 1. The van der Waals surface area contributed by atoms with Gasteiger partial charge in [0.25, 0.3) is 0 Å². The van der Waals surface area contributed by atoms with Crippen molar-refractivity contribution in [1.29, 1.82) is 0 Å².